The van der Waals surface area contributed by atoms with Gasteiger partial charge in [-0.3, -0.25) is 9.98 Å². The van der Waals surface area contributed by atoms with Gasteiger partial charge in [0.05, 0.1) is 35.2 Å². The summed E-state index contributed by atoms with van der Waals surface area (Å²) < 4.78 is 0. The van der Waals surface area contributed by atoms with Gasteiger partial charge < -0.3 is 24.8 Å². The maximum absolute atomic E-state index is 4.80. The molecule has 0 saturated carbocycles. The van der Waals surface area contributed by atoms with E-state index in [0.29, 0.717) is 0 Å². The van der Waals surface area contributed by atoms with Crippen molar-refractivity contribution in [3.63, 3.8) is 0 Å². The van der Waals surface area contributed by atoms with Crippen molar-refractivity contribution in [2.45, 2.75) is 53.4 Å². The second-order valence-corrected chi connectivity index (χ2v) is 7.27. The number of halogens is 2. The van der Waals surface area contributed by atoms with Crippen LogP contribution in [-0.4, -0.2) is 17.4 Å². The predicted octanol–water partition coefficient (Wildman–Crippen LogP) is 0.838. The van der Waals surface area contributed by atoms with E-state index in [9.17, 15) is 0 Å². The Bertz CT molecular complexity index is 940. The molecule has 0 aliphatic heterocycles. The molecule has 0 saturated heterocycles. The monoisotopic (exact) mass is 518 g/mol. The van der Waals surface area contributed by atoms with Crippen LogP contribution in [0.5, 0.6) is 0 Å². The van der Waals surface area contributed by atoms with Crippen LogP contribution in [0.4, 0.5) is 11.4 Å². The third-order valence-electron chi connectivity index (χ3n) is 5.37. The molecule has 33 heavy (non-hydrogen) atoms. The third kappa shape index (κ3) is 8.12. The molecule has 0 aliphatic carbocycles. The normalized spacial score (nSPS) is 10.5. The van der Waals surface area contributed by atoms with Gasteiger partial charge in [-0.05, 0) is 60.1 Å². The minimum absolute atomic E-state index is 0. The first-order valence-electron chi connectivity index (χ1n) is 11.0. The van der Waals surface area contributed by atoms with E-state index in [1.807, 2.05) is 30.6 Å². The molecule has 1 aromatic heterocycles. The fourth-order valence-electron chi connectivity index (χ4n) is 3.64. The number of benzene rings is 2. The number of rotatable bonds is 8. The van der Waals surface area contributed by atoms with Gasteiger partial charge in [-0.15, -0.1) is 0 Å². The van der Waals surface area contributed by atoms with E-state index in [1.54, 1.807) is 0 Å². The van der Waals surface area contributed by atoms with E-state index in [2.05, 4.69) is 64.1 Å². The molecule has 0 fully saturated rings. The van der Waals surface area contributed by atoms with Crippen LogP contribution in [0.1, 0.15) is 61.3 Å². The van der Waals surface area contributed by atoms with Gasteiger partial charge >= 0.3 is 18.6 Å². The summed E-state index contributed by atoms with van der Waals surface area (Å²) in [4.78, 5) is 14.3. The molecule has 0 spiro atoms. The van der Waals surface area contributed by atoms with E-state index in [0.717, 1.165) is 48.4 Å². The largest absolute Gasteiger partial charge is 2.00 e. The Morgan fingerprint density at radius 2 is 0.879 bits per heavy atom. The number of hydrogen-bond donors (Lipinski definition) is 0. The molecule has 173 valence electrons. The summed E-state index contributed by atoms with van der Waals surface area (Å²) in [6, 6.07) is 18.8. The van der Waals surface area contributed by atoms with E-state index >= 15 is 0 Å². The molecule has 1 heterocycles. The molecule has 0 N–H and O–H groups in total. The number of para-hydroxylation sites is 2. The number of aliphatic imine (C=N–C) groups is 2. The molecule has 3 rings (SSSR count). The van der Waals surface area contributed by atoms with Gasteiger partial charge in [-0.25, -0.2) is 4.98 Å². The molecule has 6 heteroatoms. The molecule has 0 unspecified atom stereocenters. The maximum Gasteiger partial charge on any atom is 2.00 e. The predicted molar refractivity (Wildman–Crippen MR) is 129 cm³/mol. The fourth-order valence-corrected chi connectivity index (χ4v) is 3.64. The minimum Gasteiger partial charge on any atom is -1.00 e. The van der Waals surface area contributed by atoms with Crippen LogP contribution in [0.25, 0.3) is 0 Å². The van der Waals surface area contributed by atoms with Gasteiger partial charge in [0.1, 0.15) is 0 Å². The van der Waals surface area contributed by atoms with Crippen molar-refractivity contribution in [1.29, 1.82) is 0 Å². The Morgan fingerprint density at radius 1 is 0.576 bits per heavy atom. The molecular formula is C27H31Cl2N3V. The molecular weight excluding hydrogens is 488 g/mol. The first-order valence-corrected chi connectivity index (χ1v) is 11.0. The van der Waals surface area contributed by atoms with Gasteiger partial charge in [0.2, 0.25) is 0 Å². The minimum atomic E-state index is 0. The van der Waals surface area contributed by atoms with E-state index < -0.39 is 0 Å². The third-order valence-corrected chi connectivity index (χ3v) is 5.37. The zero-order valence-electron chi connectivity index (χ0n) is 19.7. The number of aromatic nitrogens is 1. The van der Waals surface area contributed by atoms with Gasteiger partial charge in [0.25, 0.3) is 0 Å². The summed E-state index contributed by atoms with van der Waals surface area (Å²) in [6.45, 7) is 8.67. The molecule has 0 bridgehead atoms. The smallest absolute Gasteiger partial charge is 1.00 e. The van der Waals surface area contributed by atoms with Crippen LogP contribution in [0.2, 0.25) is 0 Å². The van der Waals surface area contributed by atoms with Gasteiger partial charge in [0, 0.05) is 0 Å². The second kappa shape index (κ2) is 15.8. The van der Waals surface area contributed by atoms with Crippen molar-refractivity contribution in [3.05, 3.63) is 88.2 Å². The van der Waals surface area contributed by atoms with Crippen molar-refractivity contribution in [3.8, 4) is 0 Å². The molecule has 3 nitrogen and oxygen atoms in total. The molecule has 2 aromatic carbocycles. The summed E-state index contributed by atoms with van der Waals surface area (Å²) in [6.07, 6.45) is 7.61. The van der Waals surface area contributed by atoms with Gasteiger partial charge in [0.15, 0.2) is 0 Å². The van der Waals surface area contributed by atoms with E-state index in [4.69, 9.17) is 15.0 Å². The summed E-state index contributed by atoms with van der Waals surface area (Å²) in [7, 11) is 0. The Kier molecular flexibility index (Phi) is 14.9. The van der Waals surface area contributed by atoms with Crippen molar-refractivity contribution in [2.75, 3.05) is 0 Å². The Labute approximate surface area is 223 Å². The average Bonchev–Trinajstić information content (AvgIpc) is 2.80. The SMILES string of the molecule is CCc1cccc(CC)c1N=Cc1cccc(C=Nc2c(CC)cccc2CC)n1.[Cl-].[Cl-].[V+2]. The summed E-state index contributed by atoms with van der Waals surface area (Å²) >= 11 is 0. The quantitative estimate of drug-likeness (QED) is 0.407. The van der Waals surface area contributed by atoms with Crippen LogP contribution < -0.4 is 24.8 Å². The van der Waals surface area contributed by atoms with Crippen molar-refractivity contribution < 1.29 is 43.4 Å². The molecule has 1 radical (unpaired) electrons. The van der Waals surface area contributed by atoms with Crippen molar-refractivity contribution in [2.24, 2.45) is 9.98 Å². The zero-order chi connectivity index (χ0) is 21.3. The van der Waals surface area contributed by atoms with Crippen molar-refractivity contribution >= 4 is 23.8 Å². The summed E-state index contributed by atoms with van der Waals surface area (Å²) in [5, 5.41) is 0. The van der Waals surface area contributed by atoms with E-state index in [1.165, 1.54) is 22.3 Å². The van der Waals surface area contributed by atoms with Crippen LogP contribution >= 0.6 is 0 Å². The molecule has 3 aromatic rings. The molecule has 0 amide bonds. The number of aryl methyl sites for hydroxylation is 4. The van der Waals surface area contributed by atoms with Crippen LogP contribution in [0.15, 0.2) is 64.6 Å². The summed E-state index contributed by atoms with van der Waals surface area (Å²) in [5.41, 5.74) is 8.91. The van der Waals surface area contributed by atoms with Gasteiger partial charge in [-0.2, -0.15) is 0 Å². The topological polar surface area (TPSA) is 37.6 Å². The number of hydrogen-bond acceptors (Lipinski definition) is 3. The van der Waals surface area contributed by atoms with Gasteiger partial charge in [-0.1, -0.05) is 70.2 Å². The molecule has 0 atom stereocenters. The van der Waals surface area contributed by atoms with Crippen LogP contribution in [0, 0.1) is 0 Å². The first kappa shape index (κ1) is 31.1. The number of nitrogens with zero attached hydrogens (tertiary/aromatic N) is 3. The second-order valence-electron chi connectivity index (χ2n) is 7.27. The summed E-state index contributed by atoms with van der Waals surface area (Å²) in [5.74, 6) is 0. The van der Waals surface area contributed by atoms with Crippen LogP contribution in [-0.2, 0) is 44.2 Å². The number of pyridine rings is 1. The fraction of sp³-hybridized carbons (Fsp3) is 0.296. The Morgan fingerprint density at radius 3 is 1.18 bits per heavy atom. The first-order chi connectivity index (χ1) is 14.7. The van der Waals surface area contributed by atoms with Crippen molar-refractivity contribution in [1.82, 2.24) is 4.98 Å². The average molecular weight is 519 g/mol. The Hall–Kier alpha value is -1.91. The standard InChI is InChI=1S/C27H31N3.2ClH.V/c1-5-20-12-9-13-21(6-2)26(20)28-18-24-16-11-17-25(30-24)19-29-27-22(7-3)14-10-15-23(27)8-4;;;/h9-19H,5-8H2,1-4H3;2*1H;/q;;;+2/p-2. The van der Waals surface area contributed by atoms with Crippen LogP contribution in [0.3, 0.4) is 0 Å². The van der Waals surface area contributed by atoms with E-state index in [-0.39, 0.29) is 43.4 Å². The maximum atomic E-state index is 4.80. The Balaban J connectivity index is 0.00000341. The molecule has 0 aliphatic rings. The zero-order valence-corrected chi connectivity index (χ0v) is 22.6.